The molecular weight excluding hydrogens is 252 g/mol. The Morgan fingerprint density at radius 3 is 1.71 bits per heavy atom. The zero-order chi connectivity index (χ0) is 14.5. The Hall–Kier alpha value is 0. The topological polar surface area (TPSA) is 0 Å². The van der Waals surface area contributed by atoms with Crippen LogP contribution in [0.4, 0.5) is 0 Å². The van der Waals surface area contributed by atoms with Crippen LogP contribution in [0.5, 0.6) is 0 Å². The summed E-state index contributed by atoms with van der Waals surface area (Å²) >= 11 is 0. The van der Waals surface area contributed by atoms with Crippen molar-refractivity contribution < 1.29 is 0 Å². The molecule has 0 aromatic rings. The van der Waals surface area contributed by atoms with Crippen molar-refractivity contribution in [3.05, 3.63) is 0 Å². The Bertz CT molecular complexity index is 267. The molecule has 0 heteroatoms. The molecule has 0 amide bonds. The summed E-state index contributed by atoms with van der Waals surface area (Å²) in [6.45, 7) is 2.34. The van der Waals surface area contributed by atoms with Gasteiger partial charge in [0.15, 0.2) is 0 Å². The summed E-state index contributed by atoms with van der Waals surface area (Å²) in [4.78, 5) is 0. The van der Waals surface area contributed by atoms with Crippen LogP contribution in [0.2, 0.25) is 0 Å². The van der Waals surface area contributed by atoms with E-state index in [2.05, 4.69) is 6.92 Å². The quantitative estimate of drug-likeness (QED) is 0.457. The predicted octanol–water partition coefficient (Wildman–Crippen LogP) is 7.12. The van der Waals surface area contributed by atoms with Gasteiger partial charge in [0.2, 0.25) is 0 Å². The molecule has 0 aliphatic heterocycles. The van der Waals surface area contributed by atoms with Crippen molar-refractivity contribution in [1.82, 2.24) is 0 Å². The highest BCUT2D eigenvalue weighted by Gasteiger charge is 2.47. The fourth-order valence-corrected chi connectivity index (χ4v) is 6.34. The van der Waals surface area contributed by atoms with Gasteiger partial charge in [-0.2, -0.15) is 0 Å². The van der Waals surface area contributed by atoms with Gasteiger partial charge in [0.1, 0.15) is 0 Å². The Morgan fingerprint density at radius 1 is 0.714 bits per heavy atom. The molecule has 3 aliphatic carbocycles. The summed E-state index contributed by atoms with van der Waals surface area (Å²) in [7, 11) is 0. The van der Waals surface area contributed by atoms with Crippen molar-refractivity contribution in [2.75, 3.05) is 0 Å². The van der Waals surface area contributed by atoms with Crippen molar-refractivity contribution in [1.29, 1.82) is 0 Å². The van der Waals surface area contributed by atoms with Gasteiger partial charge in [0, 0.05) is 0 Å². The molecule has 3 aliphatic rings. The Morgan fingerprint density at radius 2 is 1.24 bits per heavy atom. The van der Waals surface area contributed by atoms with E-state index in [1.54, 1.807) is 83.5 Å². The minimum Gasteiger partial charge on any atom is -0.0654 e. The lowest BCUT2D eigenvalue weighted by Crippen LogP contribution is -2.39. The number of unbranched alkanes of at least 4 members (excludes halogenated alkanes) is 2. The molecule has 0 bridgehead atoms. The third-order valence-corrected chi connectivity index (χ3v) is 7.59. The standard InChI is InChI=1S/C21H38/c1-2-3-4-9-18-14-16-21(17-15-18,19-10-5-6-11-19)20-12-7-8-13-20/h18-20H,2-17H2,1H3. The van der Waals surface area contributed by atoms with E-state index in [1.807, 2.05) is 0 Å². The zero-order valence-electron chi connectivity index (χ0n) is 14.5. The summed E-state index contributed by atoms with van der Waals surface area (Å²) < 4.78 is 0. The fraction of sp³-hybridized carbons (Fsp3) is 1.00. The number of rotatable bonds is 6. The van der Waals surface area contributed by atoms with E-state index in [4.69, 9.17) is 0 Å². The van der Waals surface area contributed by atoms with E-state index < -0.39 is 0 Å². The molecule has 0 atom stereocenters. The highest BCUT2D eigenvalue weighted by Crippen LogP contribution is 2.58. The highest BCUT2D eigenvalue weighted by atomic mass is 14.5. The Kier molecular flexibility index (Phi) is 5.68. The van der Waals surface area contributed by atoms with Crippen LogP contribution in [0.3, 0.4) is 0 Å². The van der Waals surface area contributed by atoms with Crippen LogP contribution in [-0.4, -0.2) is 0 Å². The Labute approximate surface area is 133 Å². The van der Waals surface area contributed by atoms with Crippen molar-refractivity contribution in [3.63, 3.8) is 0 Å². The van der Waals surface area contributed by atoms with Crippen LogP contribution < -0.4 is 0 Å². The van der Waals surface area contributed by atoms with Crippen LogP contribution in [0, 0.1) is 23.2 Å². The smallest absolute Gasteiger partial charge is 0.0241 e. The lowest BCUT2D eigenvalue weighted by Gasteiger charge is -2.49. The summed E-state index contributed by atoms with van der Waals surface area (Å²) in [5, 5.41) is 0. The first-order chi connectivity index (χ1) is 10.3. The molecule has 0 spiro atoms. The van der Waals surface area contributed by atoms with Crippen molar-refractivity contribution in [2.45, 2.75) is 110 Å². The van der Waals surface area contributed by atoms with Crippen LogP contribution in [0.15, 0.2) is 0 Å². The van der Waals surface area contributed by atoms with Gasteiger partial charge in [0.05, 0.1) is 0 Å². The van der Waals surface area contributed by atoms with Gasteiger partial charge in [-0.3, -0.25) is 0 Å². The van der Waals surface area contributed by atoms with E-state index >= 15 is 0 Å². The van der Waals surface area contributed by atoms with Gasteiger partial charge >= 0.3 is 0 Å². The maximum absolute atomic E-state index is 2.34. The molecule has 0 unspecified atom stereocenters. The van der Waals surface area contributed by atoms with E-state index in [9.17, 15) is 0 Å². The molecule has 3 rings (SSSR count). The number of hydrogen-bond donors (Lipinski definition) is 0. The molecule has 0 saturated heterocycles. The number of hydrogen-bond acceptors (Lipinski definition) is 0. The van der Waals surface area contributed by atoms with Gasteiger partial charge < -0.3 is 0 Å². The van der Waals surface area contributed by atoms with Crippen LogP contribution in [0.1, 0.15) is 110 Å². The molecule has 0 aromatic carbocycles. The normalized spacial score (nSPS) is 28.4. The second-order valence-corrected chi connectivity index (χ2v) is 8.64. The average molecular weight is 291 g/mol. The van der Waals surface area contributed by atoms with Crippen LogP contribution in [0.25, 0.3) is 0 Å². The molecule has 3 fully saturated rings. The van der Waals surface area contributed by atoms with Gasteiger partial charge in [-0.1, -0.05) is 58.3 Å². The minimum atomic E-state index is 0.814. The molecule has 0 heterocycles. The van der Waals surface area contributed by atoms with Gasteiger partial charge in [-0.25, -0.2) is 0 Å². The zero-order valence-corrected chi connectivity index (χ0v) is 14.5. The van der Waals surface area contributed by atoms with E-state index in [0.29, 0.717) is 0 Å². The SMILES string of the molecule is CCCCCC1CCC(C2CCCC2)(C2CCCC2)CC1. The molecule has 0 N–H and O–H groups in total. The summed E-state index contributed by atoms with van der Waals surface area (Å²) in [6.07, 6.45) is 24.8. The predicted molar refractivity (Wildman–Crippen MR) is 92.4 cm³/mol. The third-order valence-electron chi connectivity index (χ3n) is 7.59. The highest BCUT2D eigenvalue weighted by molar-refractivity contribution is 4.98. The minimum absolute atomic E-state index is 0.814. The van der Waals surface area contributed by atoms with Crippen LogP contribution >= 0.6 is 0 Å². The maximum Gasteiger partial charge on any atom is -0.0241 e. The molecule has 0 nitrogen and oxygen atoms in total. The largest absolute Gasteiger partial charge is 0.0654 e. The van der Waals surface area contributed by atoms with E-state index in [1.165, 1.54) is 19.3 Å². The lowest BCUT2D eigenvalue weighted by molar-refractivity contribution is 0.0102. The van der Waals surface area contributed by atoms with Gasteiger partial charge in [0.25, 0.3) is 0 Å². The molecule has 122 valence electrons. The second kappa shape index (κ2) is 7.51. The van der Waals surface area contributed by atoms with Crippen molar-refractivity contribution >= 4 is 0 Å². The van der Waals surface area contributed by atoms with Crippen LogP contribution in [-0.2, 0) is 0 Å². The first kappa shape index (κ1) is 15.9. The summed E-state index contributed by atoms with van der Waals surface area (Å²) in [6, 6.07) is 0. The monoisotopic (exact) mass is 290 g/mol. The first-order valence-electron chi connectivity index (χ1n) is 10.3. The van der Waals surface area contributed by atoms with E-state index in [-0.39, 0.29) is 0 Å². The Balaban J connectivity index is 1.59. The molecule has 3 saturated carbocycles. The molecule has 21 heavy (non-hydrogen) atoms. The molecular formula is C21H38. The van der Waals surface area contributed by atoms with Crippen molar-refractivity contribution in [3.8, 4) is 0 Å². The lowest BCUT2D eigenvalue weighted by atomic mass is 9.56. The second-order valence-electron chi connectivity index (χ2n) is 8.64. The third kappa shape index (κ3) is 3.50. The van der Waals surface area contributed by atoms with Crippen molar-refractivity contribution in [2.24, 2.45) is 23.2 Å². The summed E-state index contributed by atoms with van der Waals surface area (Å²) in [5.74, 6) is 3.34. The summed E-state index contributed by atoms with van der Waals surface area (Å²) in [5.41, 5.74) is 0.814. The van der Waals surface area contributed by atoms with Gasteiger partial charge in [-0.05, 0) is 74.5 Å². The van der Waals surface area contributed by atoms with E-state index in [0.717, 1.165) is 23.2 Å². The average Bonchev–Trinajstić information content (AvgIpc) is 3.22. The maximum atomic E-state index is 2.34. The fourth-order valence-electron chi connectivity index (χ4n) is 6.34. The molecule has 0 aromatic heterocycles. The van der Waals surface area contributed by atoms with Gasteiger partial charge in [-0.15, -0.1) is 0 Å². The molecule has 0 radical (unpaired) electrons. The first-order valence-corrected chi connectivity index (χ1v) is 10.3.